The third kappa shape index (κ3) is 1.69. The van der Waals surface area contributed by atoms with Crippen LogP contribution in [-0.4, -0.2) is 18.5 Å². The van der Waals surface area contributed by atoms with Gasteiger partial charge in [-0.15, -0.1) is 0 Å². The summed E-state index contributed by atoms with van der Waals surface area (Å²) < 4.78 is 6.45. The summed E-state index contributed by atoms with van der Waals surface area (Å²) in [7, 11) is 1.59. The summed E-state index contributed by atoms with van der Waals surface area (Å²) in [5.74, 6) is 0.995. The molecule has 0 aliphatic carbocycles. The van der Waals surface area contributed by atoms with Crippen molar-refractivity contribution in [2.45, 2.75) is 6.92 Å². The van der Waals surface area contributed by atoms with Crippen LogP contribution in [0.2, 0.25) is 0 Å². The van der Waals surface area contributed by atoms with Gasteiger partial charge in [-0.3, -0.25) is 9.79 Å². The zero-order valence-corrected chi connectivity index (χ0v) is 10.5. The molecule has 0 bridgehead atoms. The molecule has 1 aromatic rings. The van der Waals surface area contributed by atoms with Crippen molar-refractivity contribution < 1.29 is 9.53 Å². The van der Waals surface area contributed by atoms with Crippen molar-refractivity contribution in [1.82, 2.24) is 0 Å². The molecule has 1 aliphatic rings. The molecule has 3 nitrogen and oxygen atoms in total. The predicted molar refractivity (Wildman–Crippen MR) is 66.2 cm³/mol. The van der Waals surface area contributed by atoms with E-state index in [1.807, 2.05) is 13.0 Å². The van der Waals surface area contributed by atoms with Crippen molar-refractivity contribution in [1.29, 1.82) is 0 Å². The van der Waals surface area contributed by atoms with Crippen LogP contribution < -0.4 is 4.74 Å². The molecule has 0 unspecified atom stereocenters. The second-order valence-corrected chi connectivity index (χ2v) is 4.21. The average Bonchev–Trinajstić information content (AvgIpc) is 2.29. The van der Waals surface area contributed by atoms with Crippen LogP contribution in [0.25, 0.3) is 0 Å². The Hall–Kier alpha value is -1.42. The van der Waals surface area contributed by atoms with Gasteiger partial charge in [-0.1, -0.05) is 15.9 Å². The van der Waals surface area contributed by atoms with E-state index < -0.39 is 0 Å². The number of hydrogen-bond acceptors (Lipinski definition) is 3. The number of allylic oxidation sites excluding steroid dienone is 2. The lowest BCUT2D eigenvalue weighted by Crippen LogP contribution is -2.26. The number of benzene rings is 1. The Bertz CT molecular complexity index is 518. The van der Waals surface area contributed by atoms with Gasteiger partial charge in [0.1, 0.15) is 11.5 Å². The Kier molecular flexibility index (Phi) is 2.92. The number of halogens is 1. The van der Waals surface area contributed by atoms with Crippen molar-refractivity contribution in [2.75, 3.05) is 7.05 Å². The fourth-order valence-corrected chi connectivity index (χ4v) is 1.94. The summed E-state index contributed by atoms with van der Waals surface area (Å²) in [5.41, 5.74) is 0.911. The number of aliphatic imine (C=N–C) groups is 1. The minimum absolute atomic E-state index is 0.0989. The number of hydrogen-bond donors (Lipinski definition) is 0. The summed E-state index contributed by atoms with van der Waals surface area (Å²) in [5, 5.41) is 0. The third-order valence-corrected chi connectivity index (χ3v) is 2.83. The van der Waals surface area contributed by atoms with Crippen LogP contribution >= 0.6 is 15.9 Å². The van der Waals surface area contributed by atoms with Gasteiger partial charge in [0.15, 0.2) is 5.76 Å². The topological polar surface area (TPSA) is 38.7 Å². The maximum atomic E-state index is 12.1. The van der Waals surface area contributed by atoms with Gasteiger partial charge in [0.25, 0.3) is 0 Å². The van der Waals surface area contributed by atoms with E-state index in [1.165, 1.54) is 0 Å². The number of carbonyl (C=O) groups is 1. The van der Waals surface area contributed by atoms with Crippen molar-refractivity contribution >= 4 is 27.4 Å². The molecular formula is C12H10BrNO2. The molecule has 1 aliphatic heterocycles. The molecule has 1 heterocycles. The van der Waals surface area contributed by atoms with E-state index in [0.29, 0.717) is 22.8 Å². The maximum Gasteiger partial charge on any atom is 0.218 e. The quantitative estimate of drug-likeness (QED) is 0.732. The van der Waals surface area contributed by atoms with Gasteiger partial charge in [0.05, 0.1) is 5.56 Å². The Morgan fingerprint density at radius 2 is 2.19 bits per heavy atom. The number of nitrogens with zero attached hydrogens (tertiary/aromatic N) is 1. The van der Waals surface area contributed by atoms with Gasteiger partial charge in [-0.05, 0) is 31.2 Å². The van der Waals surface area contributed by atoms with Crippen LogP contribution in [0.15, 0.2) is 39.5 Å². The van der Waals surface area contributed by atoms with E-state index in [4.69, 9.17) is 4.74 Å². The summed E-state index contributed by atoms with van der Waals surface area (Å²) in [4.78, 5) is 16.1. The van der Waals surface area contributed by atoms with Crippen LogP contribution in [0.5, 0.6) is 5.75 Å². The lowest BCUT2D eigenvalue weighted by molar-refractivity contribution is 0.105. The fraction of sp³-hybridized carbons (Fsp3) is 0.167. The lowest BCUT2D eigenvalue weighted by atomic mass is 10.0. The third-order valence-electron chi connectivity index (χ3n) is 2.34. The van der Waals surface area contributed by atoms with Crippen LogP contribution in [0, 0.1) is 0 Å². The molecule has 16 heavy (non-hydrogen) atoms. The smallest absolute Gasteiger partial charge is 0.218 e. The Morgan fingerprint density at radius 1 is 1.44 bits per heavy atom. The molecule has 2 rings (SSSR count). The summed E-state index contributed by atoms with van der Waals surface area (Å²) in [6.07, 6.45) is 1.74. The second kappa shape index (κ2) is 4.22. The van der Waals surface area contributed by atoms with E-state index in [1.54, 1.807) is 25.3 Å². The van der Waals surface area contributed by atoms with E-state index in [0.717, 1.165) is 4.47 Å². The minimum Gasteiger partial charge on any atom is -0.455 e. The first-order chi connectivity index (χ1) is 7.67. The summed E-state index contributed by atoms with van der Waals surface area (Å²) in [6, 6.07) is 5.36. The van der Waals surface area contributed by atoms with Crippen LogP contribution in [0.4, 0.5) is 0 Å². The van der Waals surface area contributed by atoms with Gasteiger partial charge in [0, 0.05) is 11.5 Å². The summed E-state index contributed by atoms with van der Waals surface area (Å²) >= 11 is 3.33. The highest BCUT2D eigenvalue weighted by Crippen LogP contribution is 2.30. The maximum absolute atomic E-state index is 12.1. The Labute approximate surface area is 102 Å². The van der Waals surface area contributed by atoms with Crippen molar-refractivity contribution in [3.63, 3.8) is 0 Å². The number of carbonyl (C=O) groups excluding carboxylic acids is 1. The molecule has 0 amide bonds. The standard InChI is InChI=1S/C12H10BrNO2/c1-3-9-11(14-2)12(15)8-6-7(13)4-5-10(8)16-9/h3-6H,1-2H3/b9-3+,14-11?. The fourth-order valence-electron chi connectivity index (χ4n) is 1.58. The molecule has 0 N–H and O–H groups in total. The van der Waals surface area contributed by atoms with Crippen LogP contribution in [0.3, 0.4) is 0 Å². The number of ketones is 1. The van der Waals surface area contributed by atoms with E-state index >= 15 is 0 Å². The largest absolute Gasteiger partial charge is 0.455 e. The van der Waals surface area contributed by atoms with E-state index in [2.05, 4.69) is 20.9 Å². The minimum atomic E-state index is -0.0989. The molecular weight excluding hydrogens is 270 g/mol. The Morgan fingerprint density at radius 3 is 2.81 bits per heavy atom. The van der Waals surface area contributed by atoms with Gasteiger partial charge >= 0.3 is 0 Å². The lowest BCUT2D eigenvalue weighted by Gasteiger charge is -2.19. The van der Waals surface area contributed by atoms with Crippen molar-refractivity contribution in [3.05, 3.63) is 40.1 Å². The monoisotopic (exact) mass is 279 g/mol. The first-order valence-corrected chi connectivity index (χ1v) is 5.62. The number of fused-ring (bicyclic) bond motifs is 1. The molecule has 0 saturated carbocycles. The molecule has 0 atom stereocenters. The predicted octanol–water partition coefficient (Wildman–Crippen LogP) is 3.00. The van der Waals surface area contributed by atoms with E-state index in [-0.39, 0.29) is 5.78 Å². The van der Waals surface area contributed by atoms with Gasteiger partial charge in [0.2, 0.25) is 5.78 Å². The van der Waals surface area contributed by atoms with Crippen molar-refractivity contribution in [3.8, 4) is 5.75 Å². The SMILES string of the molecule is C/C=C1/Oc2ccc(Br)cc2C(=O)C1=NC. The average molecular weight is 280 g/mol. The molecule has 0 aromatic heterocycles. The first kappa shape index (κ1) is 11.1. The molecule has 82 valence electrons. The molecule has 0 spiro atoms. The highest BCUT2D eigenvalue weighted by atomic mass is 79.9. The number of ether oxygens (including phenoxy) is 1. The molecule has 0 radical (unpaired) electrons. The highest BCUT2D eigenvalue weighted by molar-refractivity contribution is 9.10. The first-order valence-electron chi connectivity index (χ1n) is 4.83. The zero-order chi connectivity index (χ0) is 11.7. The summed E-state index contributed by atoms with van der Waals surface area (Å²) in [6.45, 7) is 1.82. The Balaban J connectivity index is 2.62. The normalized spacial score (nSPS) is 19.8. The molecule has 0 saturated heterocycles. The van der Waals surface area contributed by atoms with Gasteiger partial charge in [-0.2, -0.15) is 0 Å². The number of Topliss-reactive ketones (excluding diaryl/α,β-unsaturated/α-hetero) is 1. The van der Waals surface area contributed by atoms with Crippen LogP contribution in [0.1, 0.15) is 17.3 Å². The van der Waals surface area contributed by atoms with Crippen LogP contribution in [-0.2, 0) is 0 Å². The van der Waals surface area contributed by atoms with Gasteiger partial charge in [-0.25, -0.2) is 0 Å². The number of rotatable bonds is 0. The highest BCUT2D eigenvalue weighted by Gasteiger charge is 2.28. The van der Waals surface area contributed by atoms with Crippen molar-refractivity contribution in [2.24, 2.45) is 4.99 Å². The molecule has 0 fully saturated rings. The van der Waals surface area contributed by atoms with Gasteiger partial charge < -0.3 is 4.74 Å². The zero-order valence-electron chi connectivity index (χ0n) is 8.95. The molecule has 4 heteroatoms. The molecule has 1 aromatic carbocycles. The van der Waals surface area contributed by atoms with E-state index in [9.17, 15) is 4.79 Å². The second-order valence-electron chi connectivity index (χ2n) is 3.30.